The molecular weight excluding hydrogens is 253 g/mol. The highest BCUT2D eigenvalue weighted by Gasteiger charge is 2.48. The highest BCUT2D eigenvalue weighted by atomic mass is 19.1. The van der Waals surface area contributed by atoms with Gasteiger partial charge in [-0.25, -0.2) is 4.39 Å². The SMILES string of the molecule is CCC(=O)[C@@H]1C2CCC(C[C@@H]1c1ccc(F)cc1)N2C. The molecule has 1 aromatic carbocycles. The maximum atomic E-state index is 13.1. The van der Waals surface area contributed by atoms with Crippen molar-refractivity contribution >= 4 is 5.78 Å². The molecule has 0 aliphatic carbocycles. The number of hydrogen-bond donors (Lipinski definition) is 0. The number of ketones is 1. The normalized spacial score (nSPS) is 33.4. The Labute approximate surface area is 120 Å². The number of benzene rings is 1. The summed E-state index contributed by atoms with van der Waals surface area (Å²) in [7, 11) is 2.15. The van der Waals surface area contributed by atoms with E-state index in [9.17, 15) is 9.18 Å². The monoisotopic (exact) mass is 275 g/mol. The maximum absolute atomic E-state index is 13.1. The predicted molar refractivity (Wildman–Crippen MR) is 77.1 cm³/mol. The number of carbonyl (C=O) groups is 1. The summed E-state index contributed by atoms with van der Waals surface area (Å²) in [6, 6.07) is 7.71. The molecule has 0 radical (unpaired) electrons. The third-order valence-electron chi connectivity index (χ3n) is 5.29. The zero-order valence-corrected chi connectivity index (χ0v) is 12.2. The van der Waals surface area contributed by atoms with E-state index in [4.69, 9.17) is 0 Å². The average Bonchev–Trinajstić information content (AvgIpc) is 2.70. The molecule has 108 valence electrons. The molecule has 1 aromatic rings. The van der Waals surface area contributed by atoms with Gasteiger partial charge in [-0.1, -0.05) is 19.1 Å². The van der Waals surface area contributed by atoms with E-state index in [0.717, 1.165) is 18.4 Å². The highest BCUT2D eigenvalue weighted by molar-refractivity contribution is 5.82. The number of halogens is 1. The van der Waals surface area contributed by atoms with Crippen LogP contribution in [0, 0.1) is 11.7 Å². The number of nitrogens with zero attached hydrogens (tertiary/aromatic N) is 1. The first-order valence-electron chi connectivity index (χ1n) is 7.62. The summed E-state index contributed by atoms with van der Waals surface area (Å²) >= 11 is 0. The first kappa shape index (κ1) is 13.7. The Morgan fingerprint density at radius 3 is 2.65 bits per heavy atom. The molecule has 2 nitrogen and oxygen atoms in total. The van der Waals surface area contributed by atoms with Crippen molar-refractivity contribution in [2.45, 2.75) is 50.6 Å². The van der Waals surface area contributed by atoms with Gasteiger partial charge in [0.1, 0.15) is 11.6 Å². The van der Waals surface area contributed by atoms with Crippen molar-refractivity contribution in [3.63, 3.8) is 0 Å². The lowest BCUT2D eigenvalue weighted by Gasteiger charge is -2.42. The smallest absolute Gasteiger partial charge is 0.137 e. The van der Waals surface area contributed by atoms with E-state index in [1.807, 2.05) is 19.1 Å². The Kier molecular flexibility index (Phi) is 3.63. The third-order valence-corrected chi connectivity index (χ3v) is 5.29. The number of piperidine rings is 1. The molecule has 3 rings (SSSR count). The first-order chi connectivity index (χ1) is 9.61. The minimum Gasteiger partial charge on any atom is -0.300 e. The van der Waals surface area contributed by atoms with E-state index in [-0.39, 0.29) is 17.7 Å². The van der Waals surface area contributed by atoms with Crippen LogP contribution in [0.5, 0.6) is 0 Å². The molecule has 0 spiro atoms. The Bertz CT molecular complexity index is 498. The zero-order chi connectivity index (χ0) is 14.3. The Morgan fingerprint density at radius 1 is 1.30 bits per heavy atom. The van der Waals surface area contributed by atoms with E-state index in [0.29, 0.717) is 24.3 Å². The second kappa shape index (κ2) is 5.28. The van der Waals surface area contributed by atoms with Gasteiger partial charge in [-0.15, -0.1) is 0 Å². The Balaban J connectivity index is 1.95. The van der Waals surface area contributed by atoms with E-state index in [2.05, 4.69) is 11.9 Å². The van der Waals surface area contributed by atoms with Crippen LogP contribution in [0.3, 0.4) is 0 Å². The molecule has 2 heterocycles. The van der Waals surface area contributed by atoms with E-state index >= 15 is 0 Å². The van der Waals surface area contributed by atoms with Gasteiger partial charge < -0.3 is 0 Å². The summed E-state index contributed by atoms with van der Waals surface area (Å²) in [4.78, 5) is 14.9. The van der Waals surface area contributed by atoms with Gasteiger partial charge in [0.15, 0.2) is 0 Å². The van der Waals surface area contributed by atoms with E-state index in [1.54, 1.807) is 0 Å². The second-order valence-corrected chi connectivity index (χ2v) is 6.20. The zero-order valence-electron chi connectivity index (χ0n) is 12.2. The van der Waals surface area contributed by atoms with Gasteiger partial charge in [0.05, 0.1) is 0 Å². The topological polar surface area (TPSA) is 20.3 Å². The number of fused-ring (bicyclic) bond motifs is 2. The quantitative estimate of drug-likeness (QED) is 0.843. The molecule has 4 atom stereocenters. The van der Waals surface area contributed by atoms with Crippen molar-refractivity contribution in [1.29, 1.82) is 0 Å². The lowest BCUT2D eigenvalue weighted by atomic mass is 9.73. The molecule has 2 unspecified atom stereocenters. The predicted octanol–water partition coefficient (Wildman–Crippen LogP) is 3.37. The molecule has 20 heavy (non-hydrogen) atoms. The van der Waals surface area contributed by atoms with Crippen LogP contribution in [0.15, 0.2) is 24.3 Å². The number of rotatable bonds is 3. The summed E-state index contributed by atoms with van der Waals surface area (Å²) in [6.07, 6.45) is 3.92. The molecule has 3 heteroatoms. The average molecular weight is 275 g/mol. The molecule has 2 fully saturated rings. The van der Waals surface area contributed by atoms with Gasteiger partial charge in [-0.2, -0.15) is 0 Å². The summed E-state index contributed by atoms with van der Waals surface area (Å²) in [5.41, 5.74) is 1.13. The molecule has 2 aliphatic rings. The van der Waals surface area contributed by atoms with E-state index < -0.39 is 0 Å². The highest BCUT2D eigenvalue weighted by Crippen LogP contribution is 2.46. The molecular formula is C17H22FNO. The van der Waals surface area contributed by atoms with Crippen LogP contribution in [0.25, 0.3) is 0 Å². The van der Waals surface area contributed by atoms with Crippen LogP contribution in [-0.4, -0.2) is 29.8 Å². The summed E-state index contributed by atoms with van der Waals surface area (Å²) in [6.45, 7) is 1.95. The van der Waals surface area contributed by atoms with Gasteiger partial charge in [0.25, 0.3) is 0 Å². The standard InChI is InChI=1S/C17H22FNO/c1-3-16(20)17-14(11-4-6-12(18)7-5-11)10-13-8-9-15(17)19(13)2/h4-7,13-15,17H,3,8-10H2,1-2H3/t13?,14-,15?,17+/m1/s1. The van der Waals surface area contributed by atoms with Crippen LogP contribution in [0.1, 0.15) is 44.1 Å². The largest absolute Gasteiger partial charge is 0.300 e. The van der Waals surface area contributed by atoms with E-state index in [1.165, 1.54) is 18.6 Å². The van der Waals surface area contributed by atoms with Crippen LogP contribution in [0.4, 0.5) is 4.39 Å². The Hall–Kier alpha value is -1.22. The number of carbonyl (C=O) groups excluding carboxylic acids is 1. The molecule has 0 saturated carbocycles. The van der Waals surface area contributed by atoms with Gasteiger partial charge in [-0.05, 0) is 49.9 Å². The molecule has 0 N–H and O–H groups in total. The maximum Gasteiger partial charge on any atom is 0.137 e. The number of hydrogen-bond acceptors (Lipinski definition) is 2. The van der Waals surface area contributed by atoms with Crippen molar-refractivity contribution in [3.05, 3.63) is 35.6 Å². The van der Waals surface area contributed by atoms with Crippen molar-refractivity contribution in [2.75, 3.05) is 7.05 Å². The lowest BCUT2D eigenvalue weighted by molar-refractivity contribution is -0.126. The Morgan fingerprint density at radius 2 is 2.00 bits per heavy atom. The van der Waals surface area contributed by atoms with Gasteiger partial charge in [-0.3, -0.25) is 9.69 Å². The minimum atomic E-state index is -0.206. The van der Waals surface area contributed by atoms with Gasteiger partial charge in [0, 0.05) is 24.4 Å². The van der Waals surface area contributed by atoms with Gasteiger partial charge in [0.2, 0.25) is 0 Å². The fraction of sp³-hybridized carbons (Fsp3) is 0.588. The number of Topliss-reactive ketones (excluding diaryl/α,β-unsaturated/α-hetero) is 1. The molecule has 0 aromatic heterocycles. The van der Waals surface area contributed by atoms with Crippen LogP contribution in [0.2, 0.25) is 0 Å². The lowest BCUT2D eigenvalue weighted by Crippen LogP contribution is -2.48. The second-order valence-electron chi connectivity index (χ2n) is 6.20. The molecule has 2 saturated heterocycles. The summed E-state index contributed by atoms with van der Waals surface area (Å²) in [5, 5.41) is 0. The minimum absolute atomic E-state index is 0.0780. The van der Waals surface area contributed by atoms with Crippen LogP contribution in [-0.2, 0) is 4.79 Å². The third kappa shape index (κ3) is 2.18. The summed E-state index contributed by atoms with van der Waals surface area (Å²) in [5.74, 6) is 0.491. The molecule has 2 bridgehead atoms. The van der Waals surface area contributed by atoms with Crippen molar-refractivity contribution in [2.24, 2.45) is 5.92 Å². The fourth-order valence-corrected chi connectivity index (χ4v) is 4.19. The van der Waals surface area contributed by atoms with Crippen molar-refractivity contribution in [1.82, 2.24) is 4.90 Å². The van der Waals surface area contributed by atoms with Crippen LogP contribution < -0.4 is 0 Å². The van der Waals surface area contributed by atoms with Gasteiger partial charge >= 0.3 is 0 Å². The fourth-order valence-electron chi connectivity index (χ4n) is 4.19. The summed E-state index contributed by atoms with van der Waals surface area (Å²) < 4.78 is 13.1. The van der Waals surface area contributed by atoms with Crippen molar-refractivity contribution < 1.29 is 9.18 Å². The molecule has 2 aliphatic heterocycles. The molecule has 0 amide bonds. The van der Waals surface area contributed by atoms with Crippen LogP contribution >= 0.6 is 0 Å². The first-order valence-corrected chi connectivity index (χ1v) is 7.62. The van der Waals surface area contributed by atoms with Crippen molar-refractivity contribution in [3.8, 4) is 0 Å².